The number of carbonyl (C=O) groups is 2. The zero-order chi connectivity index (χ0) is 20.8. The summed E-state index contributed by atoms with van der Waals surface area (Å²) in [5.74, 6) is -0.152. The van der Waals surface area contributed by atoms with Crippen molar-refractivity contribution in [3.63, 3.8) is 0 Å². The van der Waals surface area contributed by atoms with Gasteiger partial charge in [-0.1, -0.05) is 45.9 Å². The lowest BCUT2D eigenvalue weighted by Crippen LogP contribution is -2.31. The molecular weight excluding hydrogens is 454 g/mol. The van der Waals surface area contributed by atoms with Crippen molar-refractivity contribution >= 4 is 45.2 Å². The van der Waals surface area contributed by atoms with Crippen LogP contribution < -0.4 is 15.4 Å². The topological polar surface area (TPSA) is 91.2 Å². The fourth-order valence-corrected chi connectivity index (χ4v) is 4.16. The summed E-state index contributed by atoms with van der Waals surface area (Å²) in [4.78, 5) is 24.6. The first kappa shape index (κ1) is 21.0. The zero-order valence-electron chi connectivity index (χ0n) is 15.6. The van der Waals surface area contributed by atoms with Crippen LogP contribution in [0.15, 0.2) is 63.6 Å². The number of carbonyl (C=O) groups excluding carboxylic acids is 2. The van der Waals surface area contributed by atoms with Crippen molar-refractivity contribution in [3.05, 3.63) is 69.2 Å². The number of thioether (sulfide) groups is 1. The number of nitrogens with zero attached hydrogens (tertiary/aromatic N) is 1. The number of ether oxygens (including phenoxy) is 1. The van der Waals surface area contributed by atoms with Crippen LogP contribution in [0, 0.1) is 11.3 Å². The number of allylic oxidation sites excluding steroid dienone is 1. The minimum atomic E-state index is -0.415. The number of halogens is 1. The predicted octanol–water partition coefficient (Wildman–Crippen LogP) is 4.17. The first-order valence-corrected chi connectivity index (χ1v) is 10.5. The summed E-state index contributed by atoms with van der Waals surface area (Å²) in [5, 5.41) is 15.7. The van der Waals surface area contributed by atoms with Gasteiger partial charge in [0.05, 0.1) is 29.5 Å². The molecule has 6 nitrogen and oxygen atoms in total. The van der Waals surface area contributed by atoms with Gasteiger partial charge in [0, 0.05) is 28.1 Å². The van der Waals surface area contributed by atoms with E-state index in [0.717, 1.165) is 21.8 Å². The molecule has 0 radical (unpaired) electrons. The third-order valence-corrected chi connectivity index (χ3v) is 5.89. The fourth-order valence-electron chi connectivity index (χ4n) is 3.02. The highest BCUT2D eigenvalue weighted by Gasteiger charge is 2.31. The Morgan fingerprint density at radius 3 is 2.72 bits per heavy atom. The van der Waals surface area contributed by atoms with Gasteiger partial charge in [-0.3, -0.25) is 9.59 Å². The molecular formula is C21H18BrN3O3S. The average molecular weight is 472 g/mol. The molecule has 148 valence electrons. The molecule has 3 rings (SSSR count). The Hall–Kier alpha value is -2.76. The molecule has 1 aliphatic rings. The maximum atomic E-state index is 12.3. The number of nitrogens with one attached hydrogen (secondary N) is 2. The van der Waals surface area contributed by atoms with E-state index in [1.807, 2.05) is 30.3 Å². The smallest absolute Gasteiger partial charge is 0.234 e. The van der Waals surface area contributed by atoms with Crippen molar-refractivity contribution in [2.75, 3.05) is 18.2 Å². The molecule has 8 heteroatoms. The Bertz CT molecular complexity index is 999. The Morgan fingerprint density at radius 2 is 2.03 bits per heavy atom. The number of hydrogen-bond donors (Lipinski definition) is 2. The van der Waals surface area contributed by atoms with Gasteiger partial charge < -0.3 is 15.4 Å². The molecule has 0 spiro atoms. The summed E-state index contributed by atoms with van der Waals surface area (Å²) in [6, 6.07) is 16.8. The van der Waals surface area contributed by atoms with Crippen LogP contribution in [0.5, 0.6) is 5.75 Å². The van der Waals surface area contributed by atoms with Crippen molar-refractivity contribution in [3.8, 4) is 11.8 Å². The zero-order valence-corrected chi connectivity index (χ0v) is 18.0. The average Bonchev–Trinajstić information content (AvgIpc) is 2.73. The lowest BCUT2D eigenvalue weighted by atomic mass is 9.86. The lowest BCUT2D eigenvalue weighted by molar-refractivity contribution is -0.121. The number of amides is 2. The SMILES string of the molecule is COc1ccccc1[C@H]1CC(=O)NC(SCC(=O)Nc2ccc(Br)cc2)=C1C#N. The molecule has 2 aromatic carbocycles. The largest absolute Gasteiger partial charge is 0.496 e. The first-order valence-electron chi connectivity index (χ1n) is 8.77. The summed E-state index contributed by atoms with van der Waals surface area (Å²) in [6.07, 6.45) is 0.151. The summed E-state index contributed by atoms with van der Waals surface area (Å²) < 4.78 is 6.31. The number of nitriles is 1. The monoisotopic (exact) mass is 471 g/mol. The van der Waals surface area contributed by atoms with Gasteiger partial charge in [0.1, 0.15) is 5.75 Å². The molecule has 2 aromatic rings. The first-order chi connectivity index (χ1) is 14.0. The molecule has 1 heterocycles. The van der Waals surface area contributed by atoms with Crippen molar-refractivity contribution in [1.29, 1.82) is 5.26 Å². The molecule has 0 fully saturated rings. The molecule has 0 aliphatic carbocycles. The van der Waals surface area contributed by atoms with Gasteiger partial charge in [0.15, 0.2) is 0 Å². The standard InChI is InChI=1S/C21H18BrN3O3S/c1-28-18-5-3-2-4-15(18)16-10-19(26)25-21(17(16)11-23)29-12-20(27)24-14-8-6-13(22)7-9-14/h2-9,16H,10,12H2,1H3,(H,24,27)(H,25,26)/t16-/m1/s1. The van der Waals surface area contributed by atoms with Crippen LogP contribution in [-0.4, -0.2) is 24.7 Å². The molecule has 2 amide bonds. The third-order valence-electron chi connectivity index (χ3n) is 4.35. The van der Waals surface area contributed by atoms with Gasteiger partial charge >= 0.3 is 0 Å². The van der Waals surface area contributed by atoms with E-state index in [2.05, 4.69) is 32.6 Å². The van der Waals surface area contributed by atoms with E-state index >= 15 is 0 Å². The fraction of sp³-hybridized carbons (Fsp3) is 0.190. The van der Waals surface area contributed by atoms with Crippen LogP contribution in [0.25, 0.3) is 0 Å². The third kappa shape index (κ3) is 5.19. The number of rotatable bonds is 6. The number of benzene rings is 2. The van der Waals surface area contributed by atoms with Gasteiger partial charge in [-0.25, -0.2) is 0 Å². The van der Waals surface area contributed by atoms with Crippen molar-refractivity contribution in [1.82, 2.24) is 5.32 Å². The lowest BCUT2D eigenvalue weighted by Gasteiger charge is -2.26. The van der Waals surface area contributed by atoms with E-state index in [1.54, 1.807) is 25.3 Å². The molecule has 0 saturated carbocycles. The Balaban J connectivity index is 1.78. The van der Waals surface area contributed by atoms with Gasteiger partial charge in [-0.05, 0) is 30.3 Å². The van der Waals surface area contributed by atoms with E-state index in [0.29, 0.717) is 22.0 Å². The highest BCUT2D eigenvalue weighted by Crippen LogP contribution is 2.39. The predicted molar refractivity (Wildman–Crippen MR) is 116 cm³/mol. The van der Waals surface area contributed by atoms with Gasteiger partial charge in [-0.15, -0.1) is 0 Å². The number of para-hydroxylation sites is 1. The molecule has 2 N–H and O–H groups in total. The Kier molecular flexibility index (Phi) is 6.96. The Labute approximate surface area is 181 Å². The normalized spacial score (nSPS) is 16.0. The van der Waals surface area contributed by atoms with Crippen LogP contribution in [0.2, 0.25) is 0 Å². The van der Waals surface area contributed by atoms with E-state index in [1.165, 1.54) is 0 Å². The summed E-state index contributed by atoms with van der Waals surface area (Å²) in [7, 11) is 1.56. The van der Waals surface area contributed by atoms with Crippen LogP contribution in [-0.2, 0) is 9.59 Å². The van der Waals surface area contributed by atoms with Gasteiger partial charge in [-0.2, -0.15) is 5.26 Å². The Morgan fingerprint density at radius 1 is 1.31 bits per heavy atom. The molecule has 0 saturated heterocycles. The minimum Gasteiger partial charge on any atom is -0.496 e. The van der Waals surface area contributed by atoms with E-state index in [4.69, 9.17) is 4.74 Å². The molecule has 0 aromatic heterocycles. The quantitative estimate of drug-likeness (QED) is 0.659. The summed E-state index contributed by atoms with van der Waals surface area (Å²) >= 11 is 4.49. The highest BCUT2D eigenvalue weighted by atomic mass is 79.9. The highest BCUT2D eigenvalue weighted by molar-refractivity contribution is 9.10. The van der Waals surface area contributed by atoms with Crippen molar-refractivity contribution in [2.45, 2.75) is 12.3 Å². The second-order valence-corrected chi connectivity index (χ2v) is 8.15. The molecule has 0 bridgehead atoms. The molecule has 1 atom stereocenters. The minimum absolute atomic E-state index is 0.0650. The molecule has 29 heavy (non-hydrogen) atoms. The van der Waals surface area contributed by atoms with Crippen LogP contribution in [0.4, 0.5) is 5.69 Å². The van der Waals surface area contributed by atoms with Crippen molar-refractivity contribution in [2.24, 2.45) is 0 Å². The number of hydrogen-bond acceptors (Lipinski definition) is 5. The summed E-state index contributed by atoms with van der Waals surface area (Å²) in [5.41, 5.74) is 1.88. The number of anilines is 1. The van der Waals surface area contributed by atoms with Crippen molar-refractivity contribution < 1.29 is 14.3 Å². The molecule has 1 aliphatic heterocycles. The molecule has 0 unspecified atom stereocenters. The van der Waals surface area contributed by atoms with E-state index < -0.39 is 5.92 Å². The number of methoxy groups -OCH3 is 1. The van der Waals surface area contributed by atoms with Crippen LogP contribution in [0.3, 0.4) is 0 Å². The van der Waals surface area contributed by atoms with E-state index in [-0.39, 0.29) is 24.0 Å². The van der Waals surface area contributed by atoms with Crippen LogP contribution in [0.1, 0.15) is 17.9 Å². The second kappa shape index (κ2) is 9.63. The maximum Gasteiger partial charge on any atom is 0.234 e. The maximum absolute atomic E-state index is 12.3. The van der Waals surface area contributed by atoms with Crippen LogP contribution >= 0.6 is 27.7 Å². The summed E-state index contributed by atoms with van der Waals surface area (Å²) in [6.45, 7) is 0. The second-order valence-electron chi connectivity index (χ2n) is 6.25. The van der Waals surface area contributed by atoms with E-state index in [9.17, 15) is 14.9 Å². The van der Waals surface area contributed by atoms with Gasteiger partial charge in [0.2, 0.25) is 11.8 Å². The van der Waals surface area contributed by atoms with Gasteiger partial charge in [0.25, 0.3) is 0 Å².